The van der Waals surface area contributed by atoms with Gasteiger partial charge in [0, 0.05) is 23.6 Å². The molecule has 0 spiro atoms. The third kappa shape index (κ3) is 4.67. The highest BCUT2D eigenvalue weighted by Gasteiger charge is 2.17. The number of para-hydroxylation sites is 1. The predicted octanol–water partition coefficient (Wildman–Crippen LogP) is 4.74. The fourth-order valence-electron chi connectivity index (χ4n) is 3.85. The third-order valence-electron chi connectivity index (χ3n) is 5.56. The number of fused-ring (bicyclic) bond motifs is 2. The largest absolute Gasteiger partial charge is 0.454 e. The molecular formula is C27H22N4O4. The SMILES string of the molecule is CC(=O)Nc1cccc(C(C)=NNC(=O)c2cc(-c3ccc4c(c3)OCO4)nc3ccccc23)c1. The number of pyridine rings is 1. The minimum absolute atomic E-state index is 0.159. The molecule has 2 amide bonds. The van der Waals surface area contributed by atoms with Crippen LogP contribution < -0.4 is 20.2 Å². The van der Waals surface area contributed by atoms with Crippen LogP contribution in [0.25, 0.3) is 22.2 Å². The van der Waals surface area contributed by atoms with Crippen molar-refractivity contribution in [1.82, 2.24) is 10.4 Å². The molecule has 0 atom stereocenters. The minimum Gasteiger partial charge on any atom is -0.454 e. The molecule has 0 unspecified atom stereocenters. The molecule has 0 bridgehead atoms. The van der Waals surface area contributed by atoms with Crippen molar-refractivity contribution < 1.29 is 19.1 Å². The van der Waals surface area contributed by atoms with Crippen molar-refractivity contribution in [2.75, 3.05) is 12.1 Å². The Hall–Kier alpha value is -4.72. The molecule has 0 fully saturated rings. The van der Waals surface area contributed by atoms with Crippen LogP contribution in [0.3, 0.4) is 0 Å². The summed E-state index contributed by atoms with van der Waals surface area (Å²) < 4.78 is 10.9. The van der Waals surface area contributed by atoms with E-state index in [1.54, 1.807) is 25.1 Å². The monoisotopic (exact) mass is 466 g/mol. The van der Waals surface area contributed by atoms with E-state index in [0.717, 1.165) is 16.5 Å². The van der Waals surface area contributed by atoms with E-state index in [4.69, 9.17) is 14.5 Å². The molecule has 1 aliphatic heterocycles. The van der Waals surface area contributed by atoms with Crippen molar-refractivity contribution in [3.63, 3.8) is 0 Å². The Balaban J connectivity index is 1.46. The molecule has 1 aliphatic rings. The molecule has 0 aliphatic carbocycles. The lowest BCUT2D eigenvalue weighted by atomic mass is 10.0. The van der Waals surface area contributed by atoms with Gasteiger partial charge in [-0.15, -0.1) is 0 Å². The molecule has 2 heterocycles. The minimum atomic E-state index is -0.358. The van der Waals surface area contributed by atoms with Crippen LogP contribution >= 0.6 is 0 Å². The lowest BCUT2D eigenvalue weighted by molar-refractivity contribution is -0.114. The number of nitrogens with zero attached hydrogens (tertiary/aromatic N) is 2. The van der Waals surface area contributed by atoms with Gasteiger partial charge in [-0.25, -0.2) is 10.4 Å². The Morgan fingerprint density at radius 3 is 2.60 bits per heavy atom. The fourth-order valence-corrected chi connectivity index (χ4v) is 3.85. The second-order valence-electron chi connectivity index (χ2n) is 8.04. The molecule has 5 rings (SSSR count). The van der Waals surface area contributed by atoms with Crippen LogP contribution in [0.1, 0.15) is 29.8 Å². The fraction of sp³-hybridized carbons (Fsp3) is 0.111. The Labute approximate surface area is 201 Å². The van der Waals surface area contributed by atoms with E-state index in [1.807, 2.05) is 54.6 Å². The number of aromatic nitrogens is 1. The smallest absolute Gasteiger partial charge is 0.272 e. The predicted molar refractivity (Wildman–Crippen MR) is 134 cm³/mol. The highest BCUT2D eigenvalue weighted by Crippen LogP contribution is 2.36. The molecule has 8 nitrogen and oxygen atoms in total. The number of hydrogen-bond donors (Lipinski definition) is 2. The van der Waals surface area contributed by atoms with E-state index in [2.05, 4.69) is 15.8 Å². The quantitative estimate of drug-likeness (QED) is 0.327. The molecule has 2 N–H and O–H groups in total. The molecule has 0 radical (unpaired) electrons. The maximum atomic E-state index is 13.2. The van der Waals surface area contributed by atoms with Crippen molar-refractivity contribution in [2.45, 2.75) is 13.8 Å². The van der Waals surface area contributed by atoms with Crippen LogP contribution in [0.5, 0.6) is 11.5 Å². The molecule has 8 heteroatoms. The molecule has 174 valence electrons. The summed E-state index contributed by atoms with van der Waals surface area (Å²) in [6.45, 7) is 3.42. The molecule has 0 saturated carbocycles. The van der Waals surface area contributed by atoms with Gasteiger partial charge in [0.15, 0.2) is 11.5 Å². The molecular weight excluding hydrogens is 444 g/mol. The van der Waals surface area contributed by atoms with Crippen LogP contribution in [0.15, 0.2) is 77.9 Å². The number of carbonyl (C=O) groups excluding carboxylic acids is 2. The van der Waals surface area contributed by atoms with E-state index in [0.29, 0.717) is 39.7 Å². The second-order valence-corrected chi connectivity index (χ2v) is 8.04. The number of hydrogen-bond acceptors (Lipinski definition) is 6. The van der Waals surface area contributed by atoms with Gasteiger partial charge < -0.3 is 14.8 Å². The number of benzene rings is 3. The first-order chi connectivity index (χ1) is 17.0. The van der Waals surface area contributed by atoms with E-state index in [9.17, 15) is 9.59 Å². The molecule has 0 saturated heterocycles. The maximum absolute atomic E-state index is 13.2. The van der Waals surface area contributed by atoms with Gasteiger partial charge in [0.25, 0.3) is 5.91 Å². The van der Waals surface area contributed by atoms with Gasteiger partial charge >= 0.3 is 0 Å². The summed E-state index contributed by atoms with van der Waals surface area (Å²) in [5, 5.41) is 7.76. The number of amides is 2. The third-order valence-corrected chi connectivity index (χ3v) is 5.56. The molecule has 35 heavy (non-hydrogen) atoms. The van der Waals surface area contributed by atoms with Gasteiger partial charge in [0.1, 0.15) is 0 Å². The van der Waals surface area contributed by atoms with Crippen molar-refractivity contribution in [3.8, 4) is 22.8 Å². The number of carbonyl (C=O) groups is 2. The van der Waals surface area contributed by atoms with Gasteiger partial charge in [-0.05, 0) is 55.0 Å². The number of ether oxygens (including phenoxy) is 2. The van der Waals surface area contributed by atoms with Crippen LogP contribution in [0, 0.1) is 0 Å². The van der Waals surface area contributed by atoms with E-state index < -0.39 is 0 Å². The van der Waals surface area contributed by atoms with Gasteiger partial charge in [0.05, 0.1) is 22.5 Å². The van der Waals surface area contributed by atoms with Crippen molar-refractivity contribution in [1.29, 1.82) is 0 Å². The lowest BCUT2D eigenvalue weighted by Crippen LogP contribution is -2.20. The summed E-state index contributed by atoms with van der Waals surface area (Å²) in [6.07, 6.45) is 0. The number of hydrazone groups is 1. The summed E-state index contributed by atoms with van der Waals surface area (Å²) in [5.74, 6) is 0.806. The highest BCUT2D eigenvalue weighted by atomic mass is 16.7. The Kier molecular flexibility index (Phi) is 5.85. The Morgan fingerprint density at radius 2 is 1.74 bits per heavy atom. The normalized spacial score (nSPS) is 12.5. The summed E-state index contributed by atoms with van der Waals surface area (Å²) in [4.78, 5) is 29.3. The average Bonchev–Trinajstić information content (AvgIpc) is 3.34. The molecule has 3 aromatic carbocycles. The van der Waals surface area contributed by atoms with Gasteiger partial charge in [-0.1, -0.05) is 30.3 Å². The lowest BCUT2D eigenvalue weighted by Gasteiger charge is -2.10. The zero-order valence-electron chi connectivity index (χ0n) is 19.2. The van der Waals surface area contributed by atoms with Crippen LogP contribution in [-0.2, 0) is 4.79 Å². The summed E-state index contributed by atoms with van der Waals surface area (Å²) in [7, 11) is 0. The number of rotatable bonds is 5. The maximum Gasteiger partial charge on any atom is 0.272 e. The average molecular weight is 466 g/mol. The Morgan fingerprint density at radius 1 is 0.914 bits per heavy atom. The first-order valence-electron chi connectivity index (χ1n) is 11.0. The van der Waals surface area contributed by atoms with Crippen molar-refractivity contribution in [3.05, 3.63) is 83.9 Å². The van der Waals surface area contributed by atoms with Crippen molar-refractivity contribution in [2.24, 2.45) is 5.10 Å². The molecule has 4 aromatic rings. The molecule has 1 aromatic heterocycles. The topological polar surface area (TPSA) is 102 Å². The zero-order chi connectivity index (χ0) is 24.4. The highest BCUT2D eigenvalue weighted by molar-refractivity contribution is 6.08. The van der Waals surface area contributed by atoms with Crippen molar-refractivity contribution >= 4 is 34.1 Å². The number of nitrogens with one attached hydrogen (secondary N) is 2. The summed E-state index contributed by atoms with van der Waals surface area (Å²) >= 11 is 0. The van der Waals surface area contributed by atoms with Crippen LogP contribution in [0.2, 0.25) is 0 Å². The van der Waals surface area contributed by atoms with E-state index in [1.165, 1.54) is 6.92 Å². The van der Waals surface area contributed by atoms with E-state index in [-0.39, 0.29) is 18.6 Å². The van der Waals surface area contributed by atoms with Crippen LogP contribution in [-0.4, -0.2) is 29.3 Å². The number of anilines is 1. The zero-order valence-corrected chi connectivity index (χ0v) is 19.2. The second kappa shape index (κ2) is 9.26. The first-order valence-corrected chi connectivity index (χ1v) is 11.0. The van der Waals surface area contributed by atoms with Gasteiger partial charge in [-0.3, -0.25) is 9.59 Å². The van der Waals surface area contributed by atoms with Gasteiger partial charge in [0.2, 0.25) is 12.7 Å². The summed E-state index contributed by atoms with van der Waals surface area (Å²) in [6, 6.07) is 22.0. The Bertz CT molecular complexity index is 1500. The first kappa shape index (κ1) is 22.1. The van der Waals surface area contributed by atoms with E-state index >= 15 is 0 Å². The standard InChI is InChI=1S/C27H22N4O4/c1-16(18-6-5-7-20(12-18)28-17(2)32)30-31-27(33)22-14-24(29-23-9-4-3-8-21(22)23)19-10-11-25-26(13-19)35-15-34-25/h3-14H,15H2,1-2H3,(H,28,32)(H,31,33). The van der Waals surface area contributed by atoms with Gasteiger partial charge in [-0.2, -0.15) is 5.10 Å². The van der Waals surface area contributed by atoms with Crippen LogP contribution in [0.4, 0.5) is 5.69 Å². The summed E-state index contributed by atoms with van der Waals surface area (Å²) in [5.41, 5.74) is 7.27.